The van der Waals surface area contributed by atoms with E-state index in [2.05, 4.69) is 5.32 Å². The van der Waals surface area contributed by atoms with Gasteiger partial charge in [-0.1, -0.05) is 30.3 Å². The average Bonchev–Trinajstić information content (AvgIpc) is 2.47. The number of ether oxygens (including phenoxy) is 2. The normalized spacial score (nSPS) is 21.1. The van der Waals surface area contributed by atoms with Crippen LogP contribution in [0.1, 0.15) is 39.2 Å². The maximum Gasteiger partial charge on any atom is 0.410 e. The van der Waals surface area contributed by atoms with Crippen molar-refractivity contribution >= 4 is 12.2 Å². The Labute approximate surface area is 148 Å². The molecule has 0 aromatic heterocycles. The van der Waals surface area contributed by atoms with Crippen LogP contribution in [0, 0.1) is 5.41 Å². The molecule has 1 N–H and O–H groups in total. The lowest BCUT2D eigenvalue weighted by atomic mass is 9.59. The Morgan fingerprint density at radius 2 is 1.92 bits per heavy atom. The van der Waals surface area contributed by atoms with Gasteiger partial charge in [0.25, 0.3) is 0 Å². The van der Waals surface area contributed by atoms with Crippen LogP contribution in [0.2, 0.25) is 0 Å². The van der Waals surface area contributed by atoms with E-state index in [0.29, 0.717) is 13.1 Å². The summed E-state index contributed by atoms with van der Waals surface area (Å²) in [6.07, 6.45) is 1.25. The minimum absolute atomic E-state index is 0.0112. The maximum absolute atomic E-state index is 12.0. The molecular formula is C19H26N2O4. The molecule has 25 heavy (non-hydrogen) atoms. The fourth-order valence-corrected chi connectivity index (χ4v) is 3.38. The van der Waals surface area contributed by atoms with Crippen LogP contribution in [-0.4, -0.2) is 41.8 Å². The number of alkyl carbamates (subject to hydrolysis) is 1. The van der Waals surface area contributed by atoms with Crippen LogP contribution in [0.4, 0.5) is 9.59 Å². The molecule has 2 aliphatic rings. The van der Waals surface area contributed by atoms with E-state index in [-0.39, 0.29) is 24.2 Å². The highest BCUT2D eigenvalue weighted by Gasteiger charge is 2.57. The zero-order valence-electron chi connectivity index (χ0n) is 15.1. The number of nitrogens with zero attached hydrogens (tertiary/aromatic N) is 1. The number of nitrogens with one attached hydrogen (secondary N) is 1. The molecule has 1 atom stereocenters. The molecule has 1 saturated carbocycles. The van der Waals surface area contributed by atoms with E-state index in [9.17, 15) is 9.59 Å². The van der Waals surface area contributed by atoms with Crippen molar-refractivity contribution in [2.45, 2.75) is 51.9 Å². The molecule has 6 nitrogen and oxygen atoms in total. The van der Waals surface area contributed by atoms with Crippen LogP contribution >= 0.6 is 0 Å². The van der Waals surface area contributed by atoms with Gasteiger partial charge in [-0.25, -0.2) is 9.59 Å². The predicted molar refractivity (Wildman–Crippen MR) is 93.0 cm³/mol. The molecule has 1 spiro atoms. The summed E-state index contributed by atoms with van der Waals surface area (Å²) in [4.78, 5) is 25.8. The van der Waals surface area contributed by atoms with Crippen molar-refractivity contribution < 1.29 is 19.1 Å². The second-order valence-corrected chi connectivity index (χ2v) is 8.00. The topological polar surface area (TPSA) is 67.9 Å². The second-order valence-electron chi connectivity index (χ2n) is 8.00. The van der Waals surface area contributed by atoms with Crippen LogP contribution < -0.4 is 5.32 Å². The molecule has 0 bridgehead atoms. The molecule has 1 saturated heterocycles. The van der Waals surface area contributed by atoms with Crippen molar-refractivity contribution in [3.05, 3.63) is 35.9 Å². The van der Waals surface area contributed by atoms with Gasteiger partial charge in [0, 0.05) is 24.5 Å². The summed E-state index contributed by atoms with van der Waals surface area (Å²) in [6, 6.07) is 9.66. The minimum atomic E-state index is -0.488. The van der Waals surface area contributed by atoms with E-state index in [4.69, 9.17) is 9.47 Å². The Kier molecular flexibility index (Phi) is 4.62. The predicted octanol–water partition coefficient (Wildman–Crippen LogP) is 3.31. The lowest BCUT2D eigenvalue weighted by Gasteiger charge is -2.59. The third kappa shape index (κ3) is 4.06. The lowest BCUT2D eigenvalue weighted by Crippen LogP contribution is -2.71. The van der Waals surface area contributed by atoms with Gasteiger partial charge < -0.3 is 19.7 Å². The first-order valence-corrected chi connectivity index (χ1v) is 8.73. The van der Waals surface area contributed by atoms with Crippen LogP contribution in [0.15, 0.2) is 30.3 Å². The van der Waals surface area contributed by atoms with Gasteiger partial charge >= 0.3 is 12.2 Å². The monoisotopic (exact) mass is 346 g/mol. The van der Waals surface area contributed by atoms with Gasteiger partial charge in [0.15, 0.2) is 0 Å². The van der Waals surface area contributed by atoms with Crippen molar-refractivity contribution in [2.24, 2.45) is 5.41 Å². The zero-order valence-corrected chi connectivity index (χ0v) is 15.1. The molecule has 1 aliphatic carbocycles. The fourth-order valence-electron chi connectivity index (χ4n) is 3.38. The Morgan fingerprint density at radius 3 is 2.48 bits per heavy atom. The summed E-state index contributed by atoms with van der Waals surface area (Å²) in [5, 5.41) is 2.95. The molecule has 6 heteroatoms. The number of likely N-dealkylation sites (tertiary alicyclic amines) is 1. The number of rotatable bonds is 3. The number of carbonyl (C=O) groups excluding carboxylic acids is 2. The molecular weight excluding hydrogens is 320 g/mol. The summed E-state index contributed by atoms with van der Waals surface area (Å²) in [5.41, 5.74) is 0.460. The number of carbonyl (C=O) groups is 2. The summed E-state index contributed by atoms with van der Waals surface area (Å²) in [5.74, 6) is 0. The molecule has 0 radical (unpaired) electrons. The second kappa shape index (κ2) is 6.58. The van der Waals surface area contributed by atoms with E-state index in [1.54, 1.807) is 4.90 Å². The fraction of sp³-hybridized carbons (Fsp3) is 0.579. The third-order valence-corrected chi connectivity index (χ3v) is 4.84. The first-order valence-electron chi connectivity index (χ1n) is 8.73. The Balaban J connectivity index is 1.43. The average molecular weight is 346 g/mol. The van der Waals surface area contributed by atoms with Gasteiger partial charge in [0.1, 0.15) is 12.2 Å². The largest absolute Gasteiger partial charge is 0.445 e. The number of hydrogen-bond donors (Lipinski definition) is 1. The standard InChI is InChI=1S/C19H26N2O4/c1-18(2,3)25-17(23)21-12-19(13-21)10-9-15(19)20-16(22)24-11-14-7-5-4-6-8-14/h4-8,15H,9-13H2,1-3H3,(H,20,22)/t15-/m0/s1. The minimum Gasteiger partial charge on any atom is -0.445 e. The van der Waals surface area contributed by atoms with Crippen LogP contribution in [0.3, 0.4) is 0 Å². The van der Waals surface area contributed by atoms with E-state index < -0.39 is 11.7 Å². The Bertz CT molecular complexity index is 633. The molecule has 2 amide bonds. The quantitative estimate of drug-likeness (QED) is 0.912. The SMILES string of the molecule is CC(C)(C)OC(=O)N1CC2(CC[C@@H]2NC(=O)OCc2ccccc2)C1. The number of hydrogen-bond acceptors (Lipinski definition) is 4. The molecule has 1 heterocycles. The Hall–Kier alpha value is -2.24. The zero-order chi connectivity index (χ0) is 18.1. The number of benzene rings is 1. The Morgan fingerprint density at radius 1 is 1.24 bits per heavy atom. The first kappa shape index (κ1) is 17.6. The molecule has 1 aromatic carbocycles. The highest BCUT2D eigenvalue weighted by Crippen LogP contribution is 2.48. The van der Waals surface area contributed by atoms with Crippen molar-refractivity contribution in [3.8, 4) is 0 Å². The molecule has 3 rings (SSSR count). The van der Waals surface area contributed by atoms with E-state index >= 15 is 0 Å². The first-order chi connectivity index (χ1) is 11.8. The molecule has 0 unspecified atom stereocenters. The summed E-state index contributed by atoms with van der Waals surface area (Å²) in [7, 11) is 0. The van der Waals surface area contributed by atoms with Gasteiger partial charge in [-0.3, -0.25) is 0 Å². The third-order valence-electron chi connectivity index (χ3n) is 4.84. The van der Waals surface area contributed by atoms with E-state index in [0.717, 1.165) is 18.4 Å². The van der Waals surface area contributed by atoms with Crippen molar-refractivity contribution in [1.82, 2.24) is 10.2 Å². The van der Waals surface area contributed by atoms with Crippen molar-refractivity contribution in [2.75, 3.05) is 13.1 Å². The summed E-state index contributed by atoms with van der Waals surface area (Å²) in [6.45, 7) is 7.10. The van der Waals surface area contributed by atoms with Crippen LogP contribution in [0.25, 0.3) is 0 Å². The highest BCUT2D eigenvalue weighted by atomic mass is 16.6. The van der Waals surface area contributed by atoms with Gasteiger partial charge in [-0.15, -0.1) is 0 Å². The molecule has 136 valence electrons. The smallest absolute Gasteiger partial charge is 0.410 e. The van der Waals surface area contributed by atoms with E-state index in [1.807, 2.05) is 51.1 Å². The maximum atomic E-state index is 12.0. The van der Waals surface area contributed by atoms with Crippen molar-refractivity contribution in [1.29, 1.82) is 0 Å². The molecule has 1 aliphatic heterocycles. The molecule has 2 fully saturated rings. The summed E-state index contributed by atoms with van der Waals surface area (Å²) >= 11 is 0. The van der Waals surface area contributed by atoms with Gasteiger partial charge in [0.2, 0.25) is 0 Å². The summed E-state index contributed by atoms with van der Waals surface area (Å²) < 4.78 is 10.7. The number of amides is 2. The van der Waals surface area contributed by atoms with Gasteiger partial charge in [0.05, 0.1) is 0 Å². The van der Waals surface area contributed by atoms with Crippen molar-refractivity contribution in [3.63, 3.8) is 0 Å². The van der Waals surface area contributed by atoms with Gasteiger partial charge in [-0.2, -0.15) is 0 Å². The highest BCUT2D eigenvalue weighted by molar-refractivity contribution is 5.71. The van der Waals surface area contributed by atoms with Crippen LogP contribution in [0.5, 0.6) is 0 Å². The lowest BCUT2D eigenvalue weighted by molar-refractivity contribution is -0.0900. The molecule has 1 aromatic rings. The van der Waals surface area contributed by atoms with Crippen LogP contribution in [-0.2, 0) is 16.1 Å². The van der Waals surface area contributed by atoms with E-state index in [1.165, 1.54) is 0 Å². The van der Waals surface area contributed by atoms with Gasteiger partial charge in [-0.05, 0) is 39.2 Å².